The Morgan fingerprint density at radius 2 is 1.08 bits per heavy atom. The Hall–Kier alpha value is -7.16. The summed E-state index contributed by atoms with van der Waals surface area (Å²) in [6, 6.07) is 72.0. The van der Waals surface area contributed by atoms with Gasteiger partial charge in [0.15, 0.2) is 0 Å². The SMILES string of the molecule is CC1(C)c2ccccc2-c2cccc(-c3cccc(N(c4ccccc4-c4ccc5oc6ccccc6c5c4)c4ccccc4-c4cccc5cccc(C6CCCCC6)c45)c3)c21. The highest BCUT2D eigenvalue weighted by molar-refractivity contribution is 6.08. The first-order valence-corrected chi connectivity index (χ1v) is 22.8. The van der Waals surface area contributed by atoms with Crippen LogP contribution in [0, 0.1) is 0 Å². The minimum atomic E-state index is -0.141. The zero-order chi connectivity index (χ0) is 42.1. The van der Waals surface area contributed by atoms with Crippen molar-refractivity contribution in [2.75, 3.05) is 4.90 Å². The van der Waals surface area contributed by atoms with Crippen molar-refractivity contribution in [3.05, 3.63) is 211 Å². The molecule has 2 heteroatoms. The van der Waals surface area contributed by atoms with Crippen LogP contribution in [0.4, 0.5) is 17.1 Å². The molecule has 1 saturated carbocycles. The summed E-state index contributed by atoms with van der Waals surface area (Å²) in [7, 11) is 0. The van der Waals surface area contributed by atoms with Gasteiger partial charge < -0.3 is 9.32 Å². The van der Waals surface area contributed by atoms with Gasteiger partial charge in [0.05, 0.1) is 11.4 Å². The summed E-state index contributed by atoms with van der Waals surface area (Å²) in [5.74, 6) is 0.571. The zero-order valence-electron chi connectivity index (χ0n) is 35.9. The smallest absolute Gasteiger partial charge is 0.135 e. The molecule has 2 aliphatic carbocycles. The van der Waals surface area contributed by atoms with Crippen LogP contribution in [0.25, 0.3) is 77.2 Å². The Bertz CT molecular complexity index is 3370. The number of nitrogens with zero attached hydrogens (tertiary/aromatic N) is 1. The van der Waals surface area contributed by atoms with E-state index in [0.29, 0.717) is 5.92 Å². The van der Waals surface area contributed by atoms with Crippen molar-refractivity contribution in [2.45, 2.75) is 57.3 Å². The predicted molar refractivity (Wildman–Crippen MR) is 266 cm³/mol. The van der Waals surface area contributed by atoms with E-state index < -0.39 is 0 Å². The van der Waals surface area contributed by atoms with Crippen molar-refractivity contribution in [1.82, 2.24) is 0 Å². The fourth-order valence-electron chi connectivity index (χ4n) is 11.4. The second kappa shape index (κ2) is 15.0. The van der Waals surface area contributed by atoms with Crippen molar-refractivity contribution >= 4 is 49.8 Å². The summed E-state index contributed by atoms with van der Waals surface area (Å²) in [4.78, 5) is 2.52. The average Bonchev–Trinajstić information content (AvgIpc) is 3.83. The summed E-state index contributed by atoms with van der Waals surface area (Å²) in [5.41, 5.74) is 19.3. The Morgan fingerprint density at radius 3 is 1.94 bits per heavy atom. The first-order chi connectivity index (χ1) is 31.0. The number of furan rings is 1. The zero-order valence-corrected chi connectivity index (χ0v) is 35.9. The van der Waals surface area contributed by atoms with E-state index in [1.54, 1.807) is 0 Å². The molecule has 0 aliphatic heterocycles. The van der Waals surface area contributed by atoms with Crippen LogP contribution in [0.5, 0.6) is 0 Å². The van der Waals surface area contributed by atoms with Gasteiger partial charge in [-0.05, 0) is 122 Å². The molecular formula is C61H49NO. The summed E-state index contributed by atoms with van der Waals surface area (Å²) in [5, 5.41) is 4.95. The molecule has 304 valence electrons. The number of fused-ring (bicyclic) bond motifs is 7. The van der Waals surface area contributed by atoms with Crippen molar-refractivity contribution in [1.29, 1.82) is 0 Å². The molecular weight excluding hydrogens is 763 g/mol. The fraction of sp³-hybridized carbons (Fsp3) is 0.148. The normalized spacial score (nSPS) is 14.6. The van der Waals surface area contributed by atoms with Crippen molar-refractivity contribution in [3.63, 3.8) is 0 Å². The topological polar surface area (TPSA) is 16.4 Å². The lowest BCUT2D eigenvalue weighted by Crippen LogP contribution is -2.16. The molecule has 0 bridgehead atoms. The van der Waals surface area contributed by atoms with Crippen molar-refractivity contribution in [3.8, 4) is 44.5 Å². The Kier molecular flexibility index (Phi) is 8.97. The van der Waals surface area contributed by atoms with Gasteiger partial charge in [-0.2, -0.15) is 0 Å². The quantitative estimate of drug-likeness (QED) is 0.159. The van der Waals surface area contributed by atoms with Gasteiger partial charge in [0.2, 0.25) is 0 Å². The summed E-state index contributed by atoms with van der Waals surface area (Å²) >= 11 is 0. The van der Waals surface area contributed by atoms with Gasteiger partial charge in [0.25, 0.3) is 0 Å². The lowest BCUT2D eigenvalue weighted by atomic mass is 9.79. The number of benzene rings is 9. The Balaban J connectivity index is 1.10. The van der Waals surface area contributed by atoms with Crippen LogP contribution in [-0.2, 0) is 5.41 Å². The number of hydrogen-bond acceptors (Lipinski definition) is 2. The van der Waals surface area contributed by atoms with E-state index in [1.807, 2.05) is 6.07 Å². The molecule has 0 saturated heterocycles. The maximum absolute atomic E-state index is 6.32. The lowest BCUT2D eigenvalue weighted by Gasteiger charge is -2.31. The number of hydrogen-bond donors (Lipinski definition) is 0. The van der Waals surface area contributed by atoms with Crippen LogP contribution in [0.3, 0.4) is 0 Å². The van der Waals surface area contributed by atoms with Crippen molar-refractivity contribution in [2.24, 2.45) is 0 Å². The lowest BCUT2D eigenvalue weighted by molar-refractivity contribution is 0.445. The molecule has 2 aliphatic rings. The third-order valence-corrected chi connectivity index (χ3v) is 14.2. The molecule has 63 heavy (non-hydrogen) atoms. The minimum Gasteiger partial charge on any atom is -0.456 e. The minimum absolute atomic E-state index is 0.141. The molecule has 12 rings (SSSR count). The highest BCUT2D eigenvalue weighted by atomic mass is 16.3. The van der Waals surface area contributed by atoms with Gasteiger partial charge in [-0.1, -0.05) is 185 Å². The molecule has 9 aromatic carbocycles. The van der Waals surface area contributed by atoms with E-state index in [2.05, 4.69) is 207 Å². The molecule has 1 aromatic heterocycles. The van der Waals surface area contributed by atoms with Crippen LogP contribution in [0.15, 0.2) is 199 Å². The number of para-hydroxylation sites is 3. The van der Waals surface area contributed by atoms with Crippen LogP contribution < -0.4 is 4.90 Å². The van der Waals surface area contributed by atoms with E-state index >= 15 is 0 Å². The Labute approximate surface area is 370 Å². The van der Waals surface area contributed by atoms with E-state index in [0.717, 1.165) is 50.1 Å². The van der Waals surface area contributed by atoms with Crippen LogP contribution in [0.2, 0.25) is 0 Å². The highest BCUT2D eigenvalue weighted by Crippen LogP contribution is 2.53. The molecule has 10 aromatic rings. The molecule has 0 unspecified atom stereocenters. The van der Waals surface area contributed by atoms with Gasteiger partial charge in [-0.3, -0.25) is 0 Å². The molecule has 0 spiro atoms. The van der Waals surface area contributed by atoms with E-state index in [-0.39, 0.29) is 5.41 Å². The van der Waals surface area contributed by atoms with Gasteiger partial charge in [0, 0.05) is 33.0 Å². The Morgan fingerprint density at radius 1 is 0.460 bits per heavy atom. The van der Waals surface area contributed by atoms with Gasteiger partial charge in [-0.25, -0.2) is 0 Å². The van der Waals surface area contributed by atoms with E-state index in [1.165, 1.54) is 92.9 Å². The first kappa shape index (κ1) is 37.6. The molecule has 1 heterocycles. The second-order valence-electron chi connectivity index (χ2n) is 18.2. The number of anilines is 3. The summed E-state index contributed by atoms with van der Waals surface area (Å²) < 4.78 is 6.32. The molecule has 0 N–H and O–H groups in total. The maximum Gasteiger partial charge on any atom is 0.135 e. The number of rotatable bonds is 7. The van der Waals surface area contributed by atoms with E-state index in [4.69, 9.17) is 4.42 Å². The van der Waals surface area contributed by atoms with Gasteiger partial charge in [-0.15, -0.1) is 0 Å². The fourth-order valence-corrected chi connectivity index (χ4v) is 11.4. The van der Waals surface area contributed by atoms with Gasteiger partial charge in [0.1, 0.15) is 11.2 Å². The third kappa shape index (κ3) is 6.15. The molecule has 2 nitrogen and oxygen atoms in total. The molecule has 1 fully saturated rings. The molecule has 0 amide bonds. The average molecular weight is 812 g/mol. The van der Waals surface area contributed by atoms with Crippen molar-refractivity contribution < 1.29 is 4.42 Å². The van der Waals surface area contributed by atoms with Crippen LogP contribution in [0.1, 0.15) is 68.6 Å². The standard InChI is InChI=1S/C61H49NO/c1-61(2)54-32-10-6-25-48(54)52-31-17-29-47(60(52)61)42-22-14-23-44(38-42)62(55-33-11-7-24-45(55)43-36-37-58-53(39-43)50-27-9-13-35-57(50)63-58)56-34-12-8-26-49(56)51-30-16-21-41-20-15-28-46(59(41)51)40-18-4-3-5-19-40/h6-17,20-40H,3-5,18-19H2,1-2H3. The summed E-state index contributed by atoms with van der Waals surface area (Å²) in [6.45, 7) is 4.77. The second-order valence-corrected chi connectivity index (χ2v) is 18.2. The molecule has 0 radical (unpaired) electrons. The monoisotopic (exact) mass is 811 g/mol. The first-order valence-electron chi connectivity index (χ1n) is 22.8. The highest BCUT2D eigenvalue weighted by Gasteiger charge is 2.37. The van der Waals surface area contributed by atoms with Crippen LogP contribution in [-0.4, -0.2) is 0 Å². The molecule has 0 atom stereocenters. The third-order valence-electron chi connectivity index (χ3n) is 14.2. The van der Waals surface area contributed by atoms with Crippen LogP contribution >= 0.6 is 0 Å². The largest absolute Gasteiger partial charge is 0.456 e. The van der Waals surface area contributed by atoms with E-state index in [9.17, 15) is 0 Å². The summed E-state index contributed by atoms with van der Waals surface area (Å²) in [6.07, 6.45) is 6.44. The predicted octanol–water partition coefficient (Wildman–Crippen LogP) is 17.6. The maximum atomic E-state index is 6.32. The van der Waals surface area contributed by atoms with Gasteiger partial charge >= 0.3 is 0 Å².